The summed E-state index contributed by atoms with van der Waals surface area (Å²) in [5.74, 6) is 1.14. The first-order chi connectivity index (χ1) is 14.2. The summed E-state index contributed by atoms with van der Waals surface area (Å²) in [6.07, 6.45) is 0. The molecule has 1 atom stereocenters. The normalized spacial score (nSPS) is 15.9. The van der Waals surface area contributed by atoms with Crippen LogP contribution < -0.4 is 10.1 Å². The van der Waals surface area contributed by atoms with Gasteiger partial charge in [0, 0.05) is 12.3 Å². The first kappa shape index (κ1) is 19.3. The third kappa shape index (κ3) is 4.71. The molecule has 148 valence electrons. The van der Waals surface area contributed by atoms with Gasteiger partial charge in [0.2, 0.25) is 0 Å². The number of halogens is 1. The van der Waals surface area contributed by atoms with E-state index in [0.717, 1.165) is 22.6 Å². The molecule has 4 rings (SSSR count). The molecule has 2 amide bonds. The molecule has 0 saturated carbocycles. The summed E-state index contributed by atoms with van der Waals surface area (Å²) in [4.78, 5) is 14.5. The third-order valence-corrected chi connectivity index (χ3v) is 5.92. The van der Waals surface area contributed by atoms with Crippen molar-refractivity contribution in [2.45, 2.75) is 12.0 Å². The number of anilines is 1. The smallest absolute Gasteiger partial charge is 0.323 e. The number of carbonyl (C=O) groups is 1. The first-order valence-electron chi connectivity index (χ1n) is 9.41. The van der Waals surface area contributed by atoms with Gasteiger partial charge in [-0.25, -0.2) is 9.18 Å². The van der Waals surface area contributed by atoms with Gasteiger partial charge in [-0.3, -0.25) is 0 Å². The number of amides is 2. The van der Waals surface area contributed by atoms with Crippen molar-refractivity contribution >= 4 is 23.5 Å². The highest BCUT2D eigenvalue weighted by molar-refractivity contribution is 7.99. The maximum atomic E-state index is 13.9. The molecule has 1 aliphatic rings. The fourth-order valence-corrected chi connectivity index (χ4v) is 4.45. The Morgan fingerprint density at radius 3 is 2.69 bits per heavy atom. The maximum Gasteiger partial charge on any atom is 0.323 e. The molecule has 0 aromatic heterocycles. The molecule has 3 aromatic carbocycles. The average molecular weight is 408 g/mol. The summed E-state index contributed by atoms with van der Waals surface area (Å²) in [6.45, 7) is 1.09. The minimum absolute atomic E-state index is 0.137. The Morgan fingerprint density at radius 1 is 1.07 bits per heavy atom. The van der Waals surface area contributed by atoms with Crippen LogP contribution in [0.3, 0.4) is 0 Å². The second-order valence-electron chi connectivity index (χ2n) is 6.67. The topological polar surface area (TPSA) is 41.6 Å². The van der Waals surface area contributed by atoms with Crippen molar-refractivity contribution in [1.29, 1.82) is 0 Å². The number of nitrogens with zero attached hydrogens (tertiary/aromatic N) is 1. The monoisotopic (exact) mass is 408 g/mol. The highest BCUT2D eigenvalue weighted by Gasteiger charge is 2.31. The number of benzene rings is 3. The van der Waals surface area contributed by atoms with E-state index in [1.807, 2.05) is 54.6 Å². The molecule has 1 fully saturated rings. The van der Waals surface area contributed by atoms with E-state index in [4.69, 9.17) is 4.74 Å². The number of carbonyl (C=O) groups excluding carboxylic acids is 1. The Kier molecular flexibility index (Phi) is 6.00. The molecule has 29 heavy (non-hydrogen) atoms. The largest absolute Gasteiger partial charge is 0.489 e. The van der Waals surface area contributed by atoms with Gasteiger partial charge in [-0.05, 0) is 35.4 Å². The lowest BCUT2D eigenvalue weighted by atomic mass is 10.2. The van der Waals surface area contributed by atoms with Gasteiger partial charge >= 0.3 is 6.03 Å². The Balaban J connectivity index is 1.45. The number of hydrogen-bond donors (Lipinski definition) is 1. The van der Waals surface area contributed by atoms with Crippen molar-refractivity contribution in [2.24, 2.45) is 0 Å². The van der Waals surface area contributed by atoms with Gasteiger partial charge in [-0.15, -0.1) is 11.8 Å². The number of hydrogen-bond acceptors (Lipinski definition) is 3. The van der Waals surface area contributed by atoms with E-state index in [-0.39, 0.29) is 17.1 Å². The highest BCUT2D eigenvalue weighted by atomic mass is 32.2. The number of thioether (sulfide) groups is 1. The molecule has 1 unspecified atom stereocenters. The average Bonchev–Trinajstić information content (AvgIpc) is 3.25. The third-order valence-electron chi connectivity index (χ3n) is 4.66. The fourth-order valence-electron chi connectivity index (χ4n) is 3.20. The van der Waals surface area contributed by atoms with Crippen molar-refractivity contribution in [3.8, 4) is 5.75 Å². The molecule has 1 heterocycles. The molecule has 1 saturated heterocycles. The second-order valence-corrected chi connectivity index (χ2v) is 7.86. The van der Waals surface area contributed by atoms with Gasteiger partial charge < -0.3 is 15.0 Å². The zero-order valence-electron chi connectivity index (χ0n) is 15.8. The predicted molar refractivity (Wildman–Crippen MR) is 115 cm³/mol. The lowest BCUT2D eigenvalue weighted by Crippen LogP contribution is -2.34. The lowest BCUT2D eigenvalue weighted by molar-refractivity contribution is 0.214. The molecule has 1 N–H and O–H groups in total. The van der Waals surface area contributed by atoms with E-state index in [1.165, 1.54) is 6.07 Å². The second kappa shape index (κ2) is 9.01. The Hall–Kier alpha value is -2.99. The summed E-state index contributed by atoms with van der Waals surface area (Å²) < 4.78 is 19.8. The number of nitrogens with one attached hydrogen (secondary N) is 1. The van der Waals surface area contributed by atoms with Gasteiger partial charge in [0.05, 0.1) is 5.69 Å². The SMILES string of the molecule is O=C(Nc1ccccc1F)N1CCSC1c1cccc(OCc2ccccc2)c1. The molecule has 6 heteroatoms. The summed E-state index contributed by atoms with van der Waals surface area (Å²) in [7, 11) is 0. The lowest BCUT2D eigenvalue weighted by Gasteiger charge is -2.25. The van der Waals surface area contributed by atoms with Crippen molar-refractivity contribution in [3.63, 3.8) is 0 Å². The molecule has 0 bridgehead atoms. The Labute approximate surface area is 173 Å². The van der Waals surface area contributed by atoms with Crippen LogP contribution in [0.15, 0.2) is 78.9 Å². The number of rotatable bonds is 5. The van der Waals surface area contributed by atoms with Gasteiger partial charge in [0.25, 0.3) is 0 Å². The van der Waals surface area contributed by atoms with Crippen LogP contribution in [0.5, 0.6) is 5.75 Å². The van der Waals surface area contributed by atoms with Crippen molar-refractivity contribution in [3.05, 3.63) is 95.8 Å². The minimum Gasteiger partial charge on any atom is -0.489 e. The first-order valence-corrected chi connectivity index (χ1v) is 10.5. The van der Waals surface area contributed by atoms with E-state index in [0.29, 0.717) is 13.2 Å². The van der Waals surface area contributed by atoms with Crippen LogP contribution in [0.25, 0.3) is 0 Å². The molecular weight excluding hydrogens is 387 g/mol. The maximum absolute atomic E-state index is 13.9. The van der Waals surface area contributed by atoms with Crippen molar-refractivity contribution < 1.29 is 13.9 Å². The van der Waals surface area contributed by atoms with Crippen molar-refractivity contribution in [2.75, 3.05) is 17.6 Å². The van der Waals surface area contributed by atoms with Gasteiger partial charge in [-0.2, -0.15) is 0 Å². The van der Waals surface area contributed by atoms with E-state index in [1.54, 1.807) is 34.9 Å². The Bertz CT molecular complexity index is 983. The molecule has 3 aromatic rings. The predicted octanol–water partition coefficient (Wildman–Crippen LogP) is 5.68. The molecular formula is C23H21FN2O2S. The van der Waals surface area contributed by atoms with Crippen LogP contribution in [0, 0.1) is 5.82 Å². The number of ether oxygens (including phenoxy) is 1. The van der Waals surface area contributed by atoms with Gasteiger partial charge in [0.15, 0.2) is 0 Å². The summed E-state index contributed by atoms with van der Waals surface area (Å²) in [5, 5.41) is 2.54. The zero-order chi connectivity index (χ0) is 20.1. The fraction of sp³-hybridized carbons (Fsp3) is 0.174. The quantitative estimate of drug-likeness (QED) is 0.590. The molecule has 0 spiro atoms. The van der Waals surface area contributed by atoms with Crippen LogP contribution in [0.2, 0.25) is 0 Å². The summed E-state index contributed by atoms with van der Waals surface area (Å²) in [5.41, 5.74) is 2.27. The molecule has 4 nitrogen and oxygen atoms in total. The van der Waals surface area contributed by atoms with Crippen LogP contribution >= 0.6 is 11.8 Å². The summed E-state index contributed by atoms with van der Waals surface area (Å²) in [6, 6.07) is 23.7. The van der Waals surface area contributed by atoms with Crippen LogP contribution in [0.1, 0.15) is 16.5 Å². The van der Waals surface area contributed by atoms with E-state index >= 15 is 0 Å². The van der Waals surface area contributed by atoms with Crippen LogP contribution in [0.4, 0.5) is 14.9 Å². The molecule has 0 radical (unpaired) electrons. The van der Waals surface area contributed by atoms with Crippen LogP contribution in [-0.2, 0) is 6.61 Å². The Morgan fingerprint density at radius 2 is 1.86 bits per heavy atom. The number of para-hydroxylation sites is 1. The van der Waals surface area contributed by atoms with E-state index in [2.05, 4.69) is 5.32 Å². The van der Waals surface area contributed by atoms with Crippen molar-refractivity contribution in [1.82, 2.24) is 4.90 Å². The summed E-state index contributed by atoms with van der Waals surface area (Å²) >= 11 is 1.69. The highest BCUT2D eigenvalue weighted by Crippen LogP contribution is 2.39. The van der Waals surface area contributed by atoms with Gasteiger partial charge in [-0.1, -0.05) is 54.6 Å². The molecule has 1 aliphatic heterocycles. The zero-order valence-corrected chi connectivity index (χ0v) is 16.6. The minimum atomic E-state index is -0.444. The molecule has 0 aliphatic carbocycles. The van der Waals surface area contributed by atoms with Crippen LogP contribution in [-0.4, -0.2) is 23.2 Å². The number of urea groups is 1. The van der Waals surface area contributed by atoms with Gasteiger partial charge in [0.1, 0.15) is 23.5 Å². The van der Waals surface area contributed by atoms with E-state index < -0.39 is 5.82 Å². The van der Waals surface area contributed by atoms with E-state index in [9.17, 15) is 9.18 Å². The standard InChI is InChI=1S/C23H21FN2O2S/c24-20-11-4-5-12-21(20)25-23(27)26-13-14-29-22(26)18-9-6-10-19(15-18)28-16-17-7-2-1-3-8-17/h1-12,15,22H,13-14,16H2,(H,25,27).